The molecule has 0 aliphatic carbocycles. The van der Waals surface area contributed by atoms with E-state index in [1.165, 1.54) is 0 Å². The van der Waals surface area contributed by atoms with E-state index in [-0.39, 0.29) is 36.7 Å². The van der Waals surface area contributed by atoms with E-state index in [9.17, 15) is 14.4 Å². The maximum absolute atomic E-state index is 12.4. The molecule has 2 aromatic rings. The SMILES string of the molecule is CC(C)CNC(=O)[C@H]1CC(=O)N(c2ccc(OCC(=O)Nc3ccc(Br)cc3)cc2)C1. The van der Waals surface area contributed by atoms with Gasteiger partial charge in [0.15, 0.2) is 6.61 Å². The third kappa shape index (κ3) is 6.55. The molecule has 1 aliphatic heterocycles. The van der Waals surface area contributed by atoms with E-state index < -0.39 is 0 Å². The average Bonchev–Trinajstić information content (AvgIpc) is 3.14. The van der Waals surface area contributed by atoms with Crippen LogP contribution in [0, 0.1) is 11.8 Å². The van der Waals surface area contributed by atoms with E-state index in [0.29, 0.717) is 36.1 Å². The molecule has 0 spiro atoms. The van der Waals surface area contributed by atoms with Crippen LogP contribution in [0.2, 0.25) is 0 Å². The number of carbonyl (C=O) groups excluding carboxylic acids is 3. The van der Waals surface area contributed by atoms with Crippen LogP contribution in [0.5, 0.6) is 5.75 Å². The van der Waals surface area contributed by atoms with E-state index in [1.54, 1.807) is 41.3 Å². The molecular formula is C23H26BrN3O4. The van der Waals surface area contributed by atoms with E-state index in [0.717, 1.165) is 4.47 Å². The van der Waals surface area contributed by atoms with E-state index in [4.69, 9.17) is 4.74 Å². The number of benzene rings is 2. The second-order valence-corrected chi connectivity index (χ2v) is 8.80. The van der Waals surface area contributed by atoms with Gasteiger partial charge < -0.3 is 20.3 Å². The summed E-state index contributed by atoms with van der Waals surface area (Å²) < 4.78 is 6.46. The summed E-state index contributed by atoms with van der Waals surface area (Å²) in [7, 11) is 0. The normalized spacial score (nSPS) is 15.8. The lowest BCUT2D eigenvalue weighted by molar-refractivity contribution is -0.126. The van der Waals surface area contributed by atoms with Gasteiger partial charge in [0.05, 0.1) is 5.92 Å². The first-order chi connectivity index (χ1) is 14.8. The molecule has 0 unspecified atom stereocenters. The van der Waals surface area contributed by atoms with Crippen LogP contribution in [0.1, 0.15) is 20.3 Å². The molecule has 2 N–H and O–H groups in total. The van der Waals surface area contributed by atoms with Crippen LogP contribution in [0.25, 0.3) is 0 Å². The van der Waals surface area contributed by atoms with Crippen molar-refractivity contribution in [2.45, 2.75) is 20.3 Å². The van der Waals surface area contributed by atoms with Gasteiger partial charge in [-0.25, -0.2) is 0 Å². The molecule has 0 saturated carbocycles. The molecule has 1 atom stereocenters. The van der Waals surface area contributed by atoms with Crippen molar-refractivity contribution in [1.29, 1.82) is 0 Å². The first kappa shape index (κ1) is 22.8. The monoisotopic (exact) mass is 487 g/mol. The smallest absolute Gasteiger partial charge is 0.262 e. The fraction of sp³-hybridized carbons (Fsp3) is 0.348. The summed E-state index contributed by atoms with van der Waals surface area (Å²) in [4.78, 5) is 38.3. The van der Waals surface area contributed by atoms with E-state index in [1.807, 2.05) is 26.0 Å². The highest BCUT2D eigenvalue weighted by Gasteiger charge is 2.35. The Morgan fingerprint density at radius 2 is 1.81 bits per heavy atom. The van der Waals surface area contributed by atoms with Gasteiger partial charge >= 0.3 is 0 Å². The summed E-state index contributed by atoms with van der Waals surface area (Å²) >= 11 is 3.35. The molecule has 164 valence electrons. The van der Waals surface area contributed by atoms with Crippen molar-refractivity contribution in [2.24, 2.45) is 11.8 Å². The quantitative estimate of drug-likeness (QED) is 0.595. The van der Waals surface area contributed by atoms with Gasteiger partial charge in [0.2, 0.25) is 11.8 Å². The Morgan fingerprint density at radius 1 is 1.13 bits per heavy atom. The van der Waals surface area contributed by atoms with Crippen LogP contribution in [-0.4, -0.2) is 37.4 Å². The second-order valence-electron chi connectivity index (χ2n) is 7.88. The number of hydrogen-bond acceptors (Lipinski definition) is 4. The minimum atomic E-state index is -0.343. The molecule has 1 aliphatic rings. The summed E-state index contributed by atoms with van der Waals surface area (Å²) in [5, 5.41) is 5.65. The van der Waals surface area contributed by atoms with Gasteiger partial charge in [-0.05, 0) is 54.4 Å². The molecule has 1 saturated heterocycles. The number of anilines is 2. The first-order valence-corrected chi connectivity index (χ1v) is 11.0. The Balaban J connectivity index is 1.50. The number of carbonyl (C=O) groups is 3. The molecule has 3 rings (SSSR count). The minimum absolute atomic E-state index is 0.0766. The zero-order valence-corrected chi connectivity index (χ0v) is 19.1. The van der Waals surface area contributed by atoms with E-state index in [2.05, 4.69) is 26.6 Å². The molecular weight excluding hydrogens is 462 g/mol. The molecule has 0 aromatic heterocycles. The van der Waals surface area contributed by atoms with Crippen molar-refractivity contribution in [1.82, 2.24) is 5.32 Å². The van der Waals surface area contributed by atoms with Gasteiger partial charge in [-0.3, -0.25) is 14.4 Å². The van der Waals surface area contributed by atoms with Crippen molar-refractivity contribution in [3.05, 3.63) is 53.0 Å². The molecule has 8 heteroatoms. The summed E-state index contributed by atoms with van der Waals surface area (Å²) in [5.41, 5.74) is 1.39. The number of amides is 3. The molecule has 2 aromatic carbocycles. The maximum atomic E-state index is 12.4. The molecule has 0 radical (unpaired) electrons. The van der Waals surface area contributed by atoms with Gasteiger partial charge in [-0.2, -0.15) is 0 Å². The fourth-order valence-electron chi connectivity index (χ4n) is 3.18. The predicted molar refractivity (Wildman–Crippen MR) is 123 cm³/mol. The lowest BCUT2D eigenvalue weighted by Crippen LogP contribution is -2.35. The molecule has 0 bridgehead atoms. The fourth-order valence-corrected chi connectivity index (χ4v) is 3.45. The zero-order chi connectivity index (χ0) is 22.4. The largest absolute Gasteiger partial charge is 0.484 e. The Hall–Kier alpha value is -2.87. The number of nitrogens with one attached hydrogen (secondary N) is 2. The summed E-state index contributed by atoms with van der Waals surface area (Å²) in [5.74, 6) is 0.114. The van der Waals surface area contributed by atoms with Crippen LogP contribution >= 0.6 is 15.9 Å². The highest BCUT2D eigenvalue weighted by Crippen LogP contribution is 2.27. The van der Waals surface area contributed by atoms with Crippen molar-refractivity contribution < 1.29 is 19.1 Å². The number of nitrogens with zero attached hydrogens (tertiary/aromatic N) is 1. The highest BCUT2D eigenvalue weighted by molar-refractivity contribution is 9.10. The standard InChI is InChI=1S/C23H26BrN3O4/c1-15(2)12-25-23(30)16-11-22(29)27(13-16)19-7-9-20(10-8-19)31-14-21(28)26-18-5-3-17(24)4-6-18/h3-10,15-16H,11-14H2,1-2H3,(H,25,30)(H,26,28)/t16-/m0/s1. The lowest BCUT2D eigenvalue weighted by Gasteiger charge is -2.17. The average molecular weight is 488 g/mol. The minimum Gasteiger partial charge on any atom is -0.484 e. The van der Waals surface area contributed by atoms with E-state index >= 15 is 0 Å². The molecule has 31 heavy (non-hydrogen) atoms. The van der Waals surface area contributed by atoms with Gasteiger partial charge in [0.1, 0.15) is 5.75 Å². The molecule has 7 nitrogen and oxygen atoms in total. The molecule has 1 heterocycles. The lowest BCUT2D eigenvalue weighted by atomic mass is 10.1. The maximum Gasteiger partial charge on any atom is 0.262 e. The van der Waals surface area contributed by atoms with Gasteiger partial charge in [-0.15, -0.1) is 0 Å². The Labute approximate surface area is 190 Å². The molecule has 1 fully saturated rings. The van der Waals surface area contributed by atoms with Gasteiger partial charge in [0.25, 0.3) is 5.91 Å². The van der Waals surface area contributed by atoms with Gasteiger partial charge in [-0.1, -0.05) is 29.8 Å². The first-order valence-electron chi connectivity index (χ1n) is 10.2. The number of rotatable bonds is 8. The number of hydrogen-bond donors (Lipinski definition) is 2. The molecule has 3 amide bonds. The Kier molecular flexibility index (Phi) is 7.68. The van der Waals surface area contributed by atoms with Crippen LogP contribution in [0.3, 0.4) is 0 Å². The number of halogens is 1. The van der Waals surface area contributed by atoms with Gasteiger partial charge in [0, 0.05) is 35.4 Å². The van der Waals surface area contributed by atoms with Crippen molar-refractivity contribution >= 4 is 45.0 Å². The second kappa shape index (κ2) is 10.4. The summed E-state index contributed by atoms with van der Waals surface area (Å²) in [6.45, 7) is 4.89. The van der Waals surface area contributed by atoms with Crippen molar-refractivity contribution in [3.63, 3.8) is 0 Å². The zero-order valence-electron chi connectivity index (χ0n) is 17.6. The highest BCUT2D eigenvalue weighted by atomic mass is 79.9. The van der Waals surface area contributed by atoms with Crippen molar-refractivity contribution in [3.8, 4) is 5.75 Å². The van der Waals surface area contributed by atoms with Crippen LogP contribution in [-0.2, 0) is 14.4 Å². The third-order valence-corrected chi connectivity index (χ3v) is 5.36. The number of ether oxygens (including phenoxy) is 1. The predicted octanol–water partition coefficient (Wildman–Crippen LogP) is 3.59. The Morgan fingerprint density at radius 3 is 2.45 bits per heavy atom. The van der Waals surface area contributed by atoms with Crippen molar-refractivity contribution in [2.75, 3.05) is 29.9 Å². The van der Waals surface area contributed by atoms with Crippen LogP contribution in [0.4, 0.5) is 11.4 Å². The third-order valence-electron chi connectivity index (χ3n) is 4.83. The topological polar surface area (TPSA) is 87.7 Å². The Bertz CT molecular complexity index is 929. The van der Waals surface area contributed by atoms with Crippen LogP contribution < -0.4 is 20.3 Å². The summed E-state index contributed by atoms with van der Waals surface area (Å²) in [6, 6.07) is 14.2. The van der Waals surface area contributed by atoms with Crippen LogP contribution in [0.15, 0.2) is 53.0 Å². The summed E-state index contributed by atoms with van der Waals surface area (Å²) in [6.07, 6.45) is 0.207.